The molecule has 2 aromatic rings. The number of benzene rings is 1. The van der Waals surface area contributed by atoms with Crippen molar-refractivity contribution in [1.29, 1.82) is 0 Å². The zero-order valence-electron chi connectivity index (χ0n) is 9.00. The summed E-state index contributed by atoms with van der Waals surface area (Å²) in [5.41, 5.74) is 1.41. The molecule has 1 fully saturated rings. The van der Waals surface area contributed by atoms with E-state index in [0.717, 1.165) is 17.5 Å². The molecule has 1 N–H and O–H groups in total. The molecule has 84 valence electrons. The van der Waals surface area contributed by atoms with Crippen molar-refractivity contribution < 1.29 is 8.81 Å². The monoisotopic (exact) mass is 219 g/mol. The van der Waals surface area contributed by atoms with Crippen LogP contribution in [0, 0.1) is 5.82 Å². The van der Waals surface area contributed by atoms with E-state index in [2.05, 4.69) is 5.32 Å². The summed E-state index contributed by atoms with van der Waals surface area (Å²) in [5.74, 6) is -0.285. The molecule has 0 aliphatic heterocycles. The molecule has 2 nitrogen and oxygen atoms in total. The zero-order chi connectivity index (χ0) is 11.0. The number of nitrogens with one attached hydrogen (secondary N) is 1. The summed E-state index contributed by atoms with van der Waals surface area (Å²) in [5, 5.41) is 4.33. The van der Waals surface area contributed by atoms with Crippen LogP contribution in [0.1, 0.15) is 24.8 Å². The maximum atomic E-state index is 13.4. The molecule has 0 radical (unpaired) electrons. The van der Waals surface area contributed by atoms with Gasteiger partial charge in [-0.2, -0.15) is 0 Å². The molecule has 1 aliphatic rings. The van der Waals surface area contributed by atoms with E-state index in [-0.39, 0.29) is 5.82 Å². The highest BCUT2D eigenvalue weighted by atomic mass is 19.1. The third-order valence-electron chi connectivity index (χ3n) is 3.32. The summed E-state index contributed by atoms with van der Waals surface area (Å²) in [4.78, 5) is 0. The summed E-state index contributed by atoms with van der Waals surface area (Å²) in [6.45, 7) is 0.765. The minimum atomic E-state index is -0.285. The Bertz CT molecular complexity index is 502. The molecule has 0 bridgehead atoms. The Hall–Kier alpha value is -1.35. The van der Waals surface area contributed by atoms with Gasteiger partial charge in [0.15, 0.2) is 11.4 Å². The van der Waals surface area contributed by atoms with Crippen molar-refractivity contribution in [2.24, 2.45) is 0 Å². The molecular weight excluding hydrogens is 205 g/mol. The molecule has 0 amide bonds. The van der Waals surface area contributed by atoms with Crippen molar-refractivity contribution >= 4 is 11.0 Å². The molecule has 0 spiro atoms. The molecule has 3 rings (SSSR count). The van der Waals surface area contributed by atoms with Gasteiger partial charge in [-0.05, 0) is 18.9 Å². The van der Waals surface area contributed by atoms with Crippen LogP contribution in [0.3, 0.4) is 0 Å². The summed E-state index contributed by atoms with van der Waals surface area (Å²) in [6.07, 6.45) is 5.48. The largest absolute Gasteiger partial charge is 0.461 e. The number of para-hydroxylation sites is 1. The van der Waals surface area contributed by atoms with Crippen LogP contribution >= 0.6 is 0 Å². The van der Waals surface area contributed by atoms with Crippen LogP contribution in [-0.2, 0) is 6.54 Å². The van der Waals surface area contributed by atoms with E-state index in [1.165, 1.54) is 25.3 Å². The van der Waals surface area contributed by atoms with Crippen molar-refractivity contribution in [2.75, 3.05) is 0 Å². The van der Waals surface area contributed by atoms with Crippen LogP contribution in [0.2, 0.25) is 0 Å². The van der Waals surface area contributed by atoms with Gasteiger partial charge < -0.3 is 9.73 Å². The Labute approximate surface area is 93.4 Å². The lowest BCUT2D eigenvalue weighted by Crippen LogP contribution is -2.34. The van der Waals surface area contributed by atoms with Crippen LogP contribution < -0.4 is 5.32 Å². The number of furan rings is 1. The van der Waals surface area contributed by atoms with Gasteiger partial charge in [0.25, 0.3) is 0 Å². The molecule has 1 saturated carbocycles. The van der Waals surface area contributed by atoms with Gasteiger partial charge in [0.2, 0.25) is 0 Å². The summed E-state index contributed by atoms with van der Waals surface area (Å²) in [7, 11) is 0. The first-order valence-electron chi connectivity index (χ1n) is 5.72. The molecule has 1 aliphatic carbocycles. The van der Waals surface area contributed by atoms with Gasteiger partial charge in [-0.1, -0.05) is 18.6 Å². The number of fused-ring (bicyclic) bond motifs is 1. The average molecular weight is 219 g/mol. The Morgan fingerprint density at radius 1 is 1.38 bits per heavy atom. The van der Waals surface area contributed by atoms with E-state index in [0.29, 0.717) is 11.6 Å². The van der Waals surface area contributed by atoms with Crippen molar-refractivity contribution in [2.45, 2.75) is 31.8 Å². The second-order valence-electron chi connectivity index (χ2n) is 4.39. The SMILES string of the molecule is Fc1cccc2c(CNC3CCC3)coc12. The summed E-state index contributed by atoms with van der Waals surface area (Å²) >= 11 is 0. The second-order valence-corrected chi connectivity index (χ2v) is 4.39. The van der Waals surface area contributed by atoms with Crippen LogP contribution in [-0.4, -0.2) is 6.04 Å². The van der Waals surface area contributed by atoms with Crippen molar-refractivity contribution in [3.05, 3.63) is 35.8 Å². The molecule has 3 heteroatoms. The summed E-state index contributed by atoms with van der Waals surface area (Å²) < 4.78 is 18.6. The maximum absolute atomic E-state index is 13.4. The molecule has 16 heavy (non-hydrogen) atoms. The van der Waals surface area contributed by atoms with Crippen molar-refractivity contribution in [3.8, 4) is 0 Å². The predicted molar refractivity (Wildman–Crippen MR) is 60.7 cm³/mol. The standard InChI is InChI=1S/C13H14FNO/c14-12-6-2-5-11-9(8-16-13(11)12)7-15-10-3-1-4-10/h2,5-6,8,10,15H,1,3-4,7H2. The first-order valence-corrected chi connectivity index (χ1v) is 5.72. The van der Waals surface area contributed by atoms with E-state index in [1.54, 1.807) is 12.3 Å². The fourth-order valence-corrected chi connectivity index (χ4v) is 2.08. The van der Waals surface area contributed by atoms with Crippen LogP contribution in [0.5, 0.6) is 0 Å². The van der Waals surface area contributed by atoms with E-state index in [1.807, 2.05) is 6.07 Å². The van der Waals surface area contributed by atoms with Crippen LogP contribution in [0.15, 0.2) is 28.9 Å². The van der Waals surface area contributed by atoms with Crippen LogP contribution in [0.25, 0.3) is 11.0 Å². The smallest absolute Gasteiger partial charge is 0.169 e. The number of halogens is 1. The van der Waals surface area contributed by atoms with E-state index in [4.69, 9.17) is 4.42 Å². The van der Waals surface area contributed by atoms with Gasteiger partial charge in [-0.3, -0.25) is 0 Å². The molecule has 1 aromatic carbocycles. The van der Waals surface area contributed by atoms with E-state index in [9.17, 15) is 4.39 Å². The molecule has 1 aromatic heterocycles. The van der Waals surface area contributed by atoms with Gasteiger partial charge in [0.05, 0.1) is 6.26 Å². The van der Waals surface area contributed by atoms with Crippen molar-refractivity contribution in [1.82, 2.24) is 5.32 Å². The first-order chi connectivity index (χ1) is 7.84. The molecule has 0 atom stereocenters. The number of rotatable bonds is 3. The van der Waals surface area contributed by atoms with Crippen molar-refractivity contribution in [3.63, 3.8) is 0 Å². The van der Waals surface area contributed by atoms with Gasteiger partial charge in [-0.25, -0.2) is 4.39 Å². The first kappa shape index (κ1) is 9.85. The lowest BCUT2D eigenvalue weighted by Gasteiger charge is -2.26. The van der Waals surface area contributed by atoms with Crippen LogP contribution in [0.4, 0.5) is 4.39 Å². The average Bonchev–Trinajstić information content (AvgIpc) is 2.61. The normalized spacial score (nSPS) is 16.6. The lowest BCUT2D eigenvalue weighted by molar-refractivity contribution is 0.338. The van der Waals surface area contributed by atoms with E-state index < -0.39 is 0 Å². The third kappa shape index (κ3) is 1.61. The summed E-state index contributed by atoms with van der Waals surface area (Å²) in [6, 6.07) is 5.69. The van der Waals surface area contributed by atoms with Gasteiger partial charge in [0.1, 0.15) is 0 Å². The maximum Gasteiger partial charge on any atom is 0.169 e. The lowest BCUT2D eigenvalue weighted by atomic mass is 9.93. The third-order valence-corrected chi connectivity index (χ3v) is 3.32. The van der Waals surface area contributed by atoms with Gasteiger partial charge >= 0.3 is 0 Å². The molecule has 0 saturated heterocycles. The van der Waals surface area contributed by atoms with E-state index >= 15 is 0 Å². The topological polar surface area (TPSA) is 25.2 Å². The quantitative estimate of drug-likeness (QED) is 0.857. The number of hydrogen-bond donors (Lipinski definition) is 1. The zero-order valence-corrected chi connectivity index (χ0v) is 9.00. The van der Waals surface area contributed by atoms with Gasteiger partial charge in [0, 0.05) is 23.5 Å². The Balaban J connectivity index is 1.83. The molecule has 0 unspecified atom stereocenters. The fourth-order valence-electron chi connectivity index (χ4n) is 2.08. The highest BCUT2D eigenvalue weighted by molar-refractivity contribution is 5.81. The molecular formula is C13H14FNO. The highest BCUT2D eigenvalue weighted by Gasteiger charge is 2.17. The minimum Gasteiger partial charge on any atom is -0.461 e. The highest BCUT2D eigenvalue weighted by Crippen LogP contribution is 2.24. The predicted octanol–water partition coefficient (Wildman–Crippen LogP) is 3.21. The fraction of sp³-hybridized carbons (Fsp3) is 0.385. The second kappa shape index (κ2) is 3.91. The Morgan fingerprint density at radius 3 is 3.00 bits per heavy atom. The Morgan fingerprint density at radius 2 is 2.25 bits per heavy atom. The number of hydrogen-bond acceptors (Lipinski definition) is 2. The molecule has 1 heterocycles. The Kier molecular flexibility index (Phi) is 2.40. The minimum absolute atomic E-state index is 0.285. The van der Waals surface area contributed by atoms with Gasteiger partial charge in [-0.15, -0.1) is 0 Å².